The summed E-state index contributed by atoms with van der Waals surface area (Å²) >= 11 is 0. The Kier molecular flexibility index (Phi) is 4.04. The molecule has 0 saturated heterocycles. The van der Waals surface area contributed by atoms with E-state index in [1.165, 1.54) is 24.3 Å². The van der Waals surface area contributed by atoms with E-state index in [4.69, 9.17) is 14.3 Å². The van der Waals surface area contributed by atoms with Gasteiger partial charge >= 0.3 is 5.97 Å². The van der Waals surface area contributed by atoms with Crippen molar-refractivity contribution in [3.8, 4) is 17.2 Å². The van der Waals surface area contributed by atoms with E-state index in [1.807, 2.05) is 13.8 Å². The lowest BCUT2D eigenvalue weighted by molar-refractivity contribution is 0.0697. The molecule has 122 valence electrons. The van der Waals surface area contributed by atoms with Gasteiger partial charge in [-0.15, -0.1) is 0 Å². The number of rotatable bonds is 4. The predicted octanol–water partition coefficient (Wildman–Crippen LogP) is 3.34. The number of nitrogens with zero attached hydrogens (tertiary/aromatic N) is 1. The Bertz CT molecular complexity index is 975. The Morgan fingerprint density at radius 3 is 2.75 bits per heavy atom. The van der Waals surface area contributed by atoms with E-state index in [2.05, 4.69) is 4.98 Å². The van der Waals surface area contributed by atoms with E-state index in [0.29, 0.717) is 22.8 Å². The van der Waals surface area contributed by atoms with Crippen LogP contribution in [0.4, 0.5) is 0 Å². The molecule has 3 aromatic rings. The SMILES string of the molecule is CC(C)Oc1ncccc1-c1cc(=O)c2cc(C(=O)O)ccc2o1. The van der Waals surface area contributed by atoms with Gasteiger partial charge < -0.3 is 14.3 Å². The van der Waals surface area contributed by atoms with Crippen LogP contribution in [-0.4, -0.2) is 22.2 Å². The van der Waals surface area contributed by atoms with Gasteiger partial charge in [-0.1, -0.05) is 0 Å². The molecule has 6 heteroatoms. The molecule has 0 atom stereocenters. The van der Waals surface area contributed by atoms with Crippen molar-refractivity contribution in [2.24, 2.45) is 0 Å². The third-order valence-electron chi connectivity index (χ3n) is 3.36. The second kappa shape index (κ2) is 6.16. The third kappa shape index (κ3) is 2.99. The summed E-state index contributed by atoms with van der Waals surface area (Å²) in [6, 6.07) is 8.97. The van der Waals surface area contributed by atoms with Gasteiger partial charge in [0.2, 0.25) is 5.88 Å². The Balaban J connectivity index is 2.17. The summed E-state index contributed by atoms with van der Waals surface area (Å²) in [6.45, 7) is 3.75. The van der Waals surface area contributed by atoms with Crippen molar-refractivity contribution in [1.82, 2.24) is 4.98 Å². The fourth-order valence-electron chi connectivity index (χ4n) is 2.32. The summed E-state index contributed by atoms with van der Waals surface area (Å²) in [6.07, 6.45) is 1.52. The average molecular weight is 325 g/mol. The molecule has 0 spiro atoms. The Morgan fingerprint density at radius 1 is 1.25 bits per heavy atom. The Morgan fingerprint density at radius 2 is 2.04 bits per heavy atom. The Hall–Kier alpha value is -3.15. The highest BCUT2D eigenvalue weighted by molar-refractivity contribution is 5.93. The lowest BCUT2D eigenvalue weighted by Gasteiger charge is -2.12. The molecular formula is C18H15NO5. The molecule has 0 aliphatic heterocycles. The minimum absolute atomic E-state index is 0.0350. The van der Waals surface area contributed by atoms with Crippen molar-refractivity contribution in [1.29, 1.82) is 0 Å². The van der Waals surface area contributed by atoms with Gasteiger partial charge in [-0.25, -0.2) is 9.78 Å². The van der Waals surface area contributed by atoms with Gasteiger partial charge in [-0.05, 0) is 44.2 Å². The normalized spacial score (nSPS) is 11.0. The standard InChI is InChI=1S/C18H15NO5/c1-10(2)23-17-12(4-3-7-19-17)16-9-14(20)13-8-11(18(21)22)5-6-15(13)24-16/h3-10H,1-2H3,(H,21,22). The number of aromatic nitrogens is 1. The number of carboxylic acids is 1. The van der Waals surface area contributed by atoms with Crippen LogP contribution in [-0.2, 0) is 0 Å². The highest BCUT2D eigenvalue weighted by Gasteiger charge is 2.14. The second-order valence-electron chi connectivity index (χ2n) is 5.51. The molecule has 3 rings (SSSR count). The molecule has 0 radical (unpaired) electrons. The molecule has 2 aromatic heterocycles. The summed E-state index contributed by atoms with van der Waals surface area (Å²) in [5.41, 5.74) is 0.579. The van der Waals surface area contributed by atoms with Gasteiger partial charge in [0.05, 0.1) is 22.6 Å². The summed E-state index contributed by atoms with van der Waals surface area (Å²) in [5, 5.41) is 9.25. The summed E-state index contributed by atoms with van der Waals surface area (Å²) in [7, 11) is 0. The van der Waals surface area contributed by atoms with Crippen molar-refractivity contribution >= 4 is 16.9 Å². The molecule has 1 N–H and O–H groups in total. The number of carbonyl (C=O) groups is 1. The first-order chi connectivity index (χ1) is 11.5. The first-order valence-corrected chi connectivity index (χ1v) is 7.39. The van der Waals surface area contributed by atoms with Crippen molar-refractivity contribution < 1.29 is 19.1 Å². The van der Waals surface area contributed by atoms with Crippen LogP contribution < -0.4 is 10.2 Å². The number of hydrogen-bond donors (Lipinski definition) is 1. The van der Waals surface area contributed by atoms with E-state index < -0.39 is 5.97 Å². The van der Waals surface area contributed by atoms with Crippen LogP contribution >= 0.6 is 0 Å². The minimum Gasteiger partial charge on any atom is -0.478 e. The smallest absolute Gasteiger partial charge is 0.335 e. The fraction of sp³-hybridized carbons (Fsp3) is 0.167. The zero-order valence-electron chi connectivity index (χ0n) is 13.1. The van der Waals surface area contributed by atoms with Crippen LogP contribution in [0.2, 0.25) is 0 Å². The molecule has 2 heterocycles. The molecule has 6 nitrogen and oxygen atoms in total. The van der Waals surface area contributed by atoms with Gasteiger partial charge in [0, 0.05) is 12.3 Å². The lowest BCUT2D eigenvalue weighted by atomic mass is 10.1. The van der Waals surface area contributed by atoms with Crippen LogP contribution in [0.1, 0.15) is 24.2 Å². The predicted molar refractivity (Wildman–Crippen MR) is 88.4 cm³/mol. The average Bonchev–Trinajstić information content (AvgIpc) is 2.54. The maximum atomic E-state index is 12.4. The van der Waals surface area contributed by atoms with E-state index in [0.717, 1.165) is 0 Å². The molecule has 0 fully saturated rings. The van der Waals surface area contributed by atoms with Crippen LogP contribution in [0.25, 0.3) is 22.3 Å². The van der Waals surface area contributed by atoms with Crippen LogP contribution in [0, 0.1) is 0 Å². The zero-order valence-corrected chi connectivity index (χ0v) is 13.1. The number of pyridine rings is 1. The van der Waals surface area contributed by atoms with Crippen molar-refractivity contribution in [2.75, 3.05) is 0 Å². The van der Waals surface area contributed by atoms with Gasteiger partial charge in [0.1, 0.15) is 11.3 Å². The molecule has 0 aliphatic rings. The van der Waals surface area contributed by atoms with Crippen LogP contribution in [0.15, 0.2) is 51.8 Å². The van der Waals surface area contributed by atoms with Crippen LogP contribution in [0.3, 0.4) is 0 Å². The quantitative estimate of drug-likeness (QED) is 0.791. The topological polar surface area (TPSA) is 89.6 Å². The molecular weight excluding hydrogens is 310 g/mol. The molecule has 0 bridgehead atoms. The van der Waals surface area contributed by atoms with Crippen LogP contribution in [0.5, 0.6) is 5.88 Å². The van der Waals surface area contributed by atoms with Gasteiger partial charge in [0.15, 0.2) is 5.43 Å². The zero-order chi connectivity index (χ0) is 17.3. The highest BCUT2D eigenvalue weighted by Crippen LogP contribution is 2.29. The Labute approximate surface area is 137 Å². The fourth-order valence-corrected chi connectivity index (χ4v) is 2.32. The summed E-state index contributed by atoms with van der Waals surface area (Å²) < 4.78 is 11.4. The van der Waals surface area contributed by atoms with E-state index in [-0.39, 0.29) is 22.5 Å². The first kappa shape index (κ1) is 15.7. The minimum atomic E-state index is -1.10. The highest BCUT2D eigenvalue weighted by atomic mass is 16.5. The number of aromatic carboxylic acids is 1. The largest absolute Gasteiger partial charge is 0.478 e. The van der Waals surface area contributed by atoms with Gasteiger partial charge in [-0.3, -0.25) is 4.79 Å². The maximum absolute atomic E-state index is 12.4. The summed E-state index contributed by atoms with van der Waals surface area (Å²) in [4.78, 5) is 27.6. The van der Waals surface area contributed by atoms with E-state index >= 15 is 0 Å². The third-order valence-corrected chi connectivity index (χ3v) is 3.36. The number of carboxylic acid groups (broad SMARTS) is 1. The molecule has 24 heavy (non-hydrogen) atoms. The number of fused-ring (bicyclic) bond motifs is 1. The van der Waals surface area contributed by atoms with E-state index in [1.54, 1.807) is 18.3 Å². The van der Waals surface area contributed by atoms with Crippen molar-refractivity contribution in [3.63, 3.8) is 0 Å². The molecule has 0 aliphatic carbocycles. The first-order valence-electron chi connectivity index (χ1n) is 7.39. The van der Waals surface area contributed by atoms with E-state index in [9.17, 15) is 9.59 Å². The molecule has 1 aromatic carbocycles. The number of hydrogen-bond acceptors (Lipinski definition) is 5. The van der Waals surface area contributed by atoms with Crippen molar-refractivity contribution in [2.45, 2.75) is 20.0 Å². The van der Waals surface area contributed by atoms with Gasteiger partial charge in [-0.2, -0.15) is 0 Å². The molecule has 0 saturated carbocycles. The van der Waals surface area contributed by atoms with Gasteiger partial charge in [0.25, 0.3) is 0 Å². The number of ether oxygens (including phenoxy) is 1. The molecule has 0 unspecified atom stereocenters. The second-order valence-corrected chi connectivity index (χ2v) is 5.51. The number of benzene rings is 1. The monoisotopic (exact) mass is 325 g/mol. The summed E-state index contributed by atoms with van der Waals surface area (Å²) in [5.74, 6) is -0.406. The lowest BCUT2D eigenvalue weighted by Crippen LogP contribution is -2.08. The molecule has 0 amide bonds. The van der Waals surface area contributed by atoms with Crippen molar-refractivity contribution in [3.05, 3.63) is 58.4 Å². The maximum Gasteiger partial charge on any atom is 0.335 e.